The van der Waals surface area contributed by atoms with E-state index in [1.54, 1.807) is 4.90 Å². The Labute approximate surface area is 121 Å². The Bertz CT molecular complexity index is 543. The van der Waals surface area contributed by atoms with Gasteiger partial charge in [0.05, 0.1) is 19.8 Å². The summed E-state index contributed by atoms with van der Waals surface area (Å²) in [7, 11) is 0. The van der Waals surface area contributed by atoms with Crippen molar-refractivity contribution in [3.63, 3.8) is 0 Å². The molecule has 0 spiro atoms. The van der Waals surface area contributed by atoms with Crippen LogP contribution in [0.3, 0.4) is 0 Å². The van der Waals surface area contributed by atoms with E-state index in [2.05, 4.69) is 5.32 Å². The maximum absolute atomic E-state index is 12.9. The van der Waals surface area contributed by atoms with Crippen LogP contribution in [0.1, 0.15) is 0 Å². The van der Waals surface area contributed by atoms with Crippen LogP contribution in [-0.2, 0) is 9.53 Å². The Morgan fingerprint density at radius 1 is 1.24 bits per heavy atom. The first-order valence-corrected chi connectivity index (χ1v) is 6.85. The molecular formula is C14H16FN3O3. The zero-order valence-corrected chi connectivity index (χ0v) is 11.4. The summed E-state index contributed by atoms with van der Waals surface area (Å²) in [6.07, 6.45) is 0. The Morgan fingerprint density at radius 3 is 2.57 bits per heavy atom. The quantitative estimate of drug-likeness (QED) is 0.868. The Balaban J connectivity index is 1.69. The zero-order valence-electron chi connectivity index (χ0n) is 11.4. The first kappa shape index (κ1) is 13.8. The monoisotopic (exact) mass is 293 g/mol. The highest BCUT2D eigenvalue weighted by atomic mass is 19.1. The number of anilines is 1. The van der Waals surface area contributed by atoms with Gasteiger partial charge >= 0.3 is 6.03 Å². The van der Waals surface area contributed by atoms with Crippen LogP contribution in [0.25, 0.3) is 0 Å². The summed E-state index contributed by atoms with van der Waals surface area (Å²) in [4.78, 5) is 27.5. The van der Waals surface area contributed by atoms with Gasteiger partial charge in [-0.3, -0.25) is 9.69 Å². The third kappa shape index (κ3) is 2.82. The molecule has 112 valence electrons. The van der Waals surface area contributed by atoms with Crippen LogP contribution in [0, 0.1) is 5.82 Å². The fourth-order valence-corrected chi connectivity index (χ4v) is 2.53. The molecule has 7 heteroatoms. The van der Waals surface area contributed by atoms with E-state index in [0.717, 1.165) is 0 Å². The van der Waals surface area contributed by atoms with Gasteiger partial charge in [0, 0.05) is 18.8 Å². The van der Waals surface area contributed by atoms with Gasteiger partial charge in [0.15, 0.2) is 0 Å². The molecule has 0 bridgehead atoms. The van der Waals surface area contributed by atoms with Crippen LogP contribution in [0.4, 0.5) is 14.9 Å². The van der Waals surface area contributed by atoms with Crippen molar-refractivity contribution < 1.29 is 18.7 Å². The summed E-state index contributed by atoms with van der Waals surface area (Å²) in [5.41, 5.74) is 0.575. The predicted octanol–water partition coefficient (Wildman–Crippen LogP) is 0.583. The molecule has 21 heavy (non-hydrogen) atoms. The van der Waals surface area contributed by atoms with E-state index in [4.69, 9.17) is 4.74 Å². The lowest BCUT2D eigenvalue weighted by Gasteiger charge is -2.28. The molecule has 2 saturated heterocycles. The third-order valence-corrected chi connectivity index (χ3v) is 3.67. The van der Waals surface area contributed by atoms with Crippen molar-refractivity contribution in [1.82, 2.24) is 10.2 Å². The Kier molecular flexibility index (Phi) is 3.74. The van der Waals surface area contributed by atoms with Gasteiger partial charge < -0.3 is 15.0 Å². The molecule has 3 rings (SSSR count). The third-order valence-electron chi connectivity index (χ3n) is 3.67. The zero-order chi connectivity index (χ0) is 14.8. The van der Waals surface area contributed by atoms with E-state index in [1.807, 2.05) is 0 Å². The van der Waals surface area contributed by atoms with Gasteiger partial charge in [-0.15, -0.1) is 0 Å². The summed E-state index contributed by atoms with van der Waals surface area (Å²) >= 11 is 0. The summed E-state index contributed by atoms with van der Waals surface area (Å²) in [5.74, 6) is -0.462. The van der Waals surface area contributed by atoms with Crippen LogP contribution < -0.4 is 10.2 Å². The highest BCUT2D eigenvalue weighted by Crippen LogP contribution is 2.19. The minimum Gasteiger partial charge on any atom is -0.378 e. The average molecular weight is 293 g/mol. The number of carbonyl (C=O) groups is 2. The lowest BCUT2D eigenvalue weighted by atomic mass is 10.2. The van der Waals surface area contributed by atoms with Gasteiger partial charge in [0.25, 0.3) is 0 Å². The molecule has 0 saturated carbocycles. The number of hydrogen-bond donors (Lipinski definition) is 1. The fourth-order valence-electron chi connectivity index (χ4n) is 2.53. The summed E-state index contributed by atoms with van der Waals surface area (Å²) < 4.78 is 18.1. The van der Waals surface area contributed by atoms with Crippen molar-refractivity contribution in [1.29, 1.82) is 0 Å². The molecule has 2 fully saturated rings. The summed E-state index contributed by atoms with van der Waals surface area (Å²) in [6.45, 7) is 2.38. The number of carbonyl (C=O) groups excluding carboxylic acids is 2. The van der Waals surface area contributed by atoms with Gasteiger partial charge in [-0.05, 0) is 24.3 Å². The van der Waals surface area contributed by atoms with Crippen LogP contribution in [0.2, 0.25) is 0 Å². The first-order chi connectivity index (χ1) is 10.1. The molecule has 1 aromatic carbocycles. The largest absolute Gasteiger partial charge is 0.378 e. The van der Waals surface area contributed by atoms with Crippen molar-refractivity contribution in [3.8, 4) is 0 Å². The molecular weight excluding hydrogens is 277 g/mol. The Hall–Kier alpha value is -2.15. The number of benzene rings is 1. The number of amides is 3. The van der Waals surface area contributed by atoms with Gasteiger partial charge in [-0.2, -0.15) is 0 Å². The maximum atomic E-state index is 12.9. The van der Waals surface area contributed by atoms with Gasteiger partial charge in [-0.25, -0.2) is 9.18 Å². The number of nitrogens with zero attached hydrogens (tertiary/aromatic N) is 2. The number of hydrogen-bond acceptors (Lipinski definition) is 3. The second-order valence-corrected chi connectivity index (χ2v) is 5.03. The molecule has 3 amide bonds. The smallest absolute Gasteiger partial charge is 0.322 e. The number of nitrogens with one attached hydrogen (secondary N) is 1. The Morgan fingerprint density at radius 2 is 1.90 bits per heavy atom. The normalized spacial score (nSPS) is 22.3. The minimum atomic E-state index is -0.569. The average Bonchev–Trinajstić information content (AvgIpc) is 2.90. The SMILES string of the molecule is O=C(C1CN(c2ccc(F)cc2)C(=O)N1)N1CCOCC1. The van der Waals surface area contributed by atoms with E-state index in [0.29, 0.717) is 32.0 Å². The van der Waals surface area contributed by atoms with Crippen LogP contribution in [0.5, 0.6) is 0 Å². The second kappa shape index (κ2) is 5.69. The lowest BCUT2D eigenvalue weighted by Crippen LogP contribution is -2.49. The number of halogens is 1. The van der Waals surface area contributed by atoms with Crippen LogP contribution >= 0.6 is 0 Å². The van der Waals surface area contributed by atoms with Crippen molar-refractivity contribution in [3.05, 3.63) is 30.1 Å². The van der Waals surface area contributed by atoms with Gasteiger partial charge in [0.2, 0.25) is 5.91 Å². The molecule has 0 aliphatic carbocycles. The van der Waals surface area contributed by atoms with Crippen molar-refractivity contribution >= 4 is 17.6 Å². The molecule has 2 aliphatic heterocycles. The molecule has 2 heterocycles. The van der Waals surface area contributed by atoms with E-state index in [1.165, 1.54) is 29.2 Å². The number of rotatable bonds is 2. The number of urea groups is 1. The van der Waals surface area contributed by atoms with Gasteiger partial charge in [-0.1, -0.05) is 0 Å². The molecule has 1 unspecified atom stereocenters. The second-order valence-electron chi connectivity index (χ2n) is 5.03. The van der Waals surface area contributed by atoms with Crippen LogP contribution in [-0.4, -0.2) is 55.7 Å². The predicted molar refractivity (Wildman–Crippen MR) is 73.5 cm³/mol. The van der Waals surface area contributed by atoms with E-state index >= 15 is 0 Å². The van der Waals surface area contributed by atoms with E-state index in [9.17, 15) is 14.0 Å². The topological polar surface area (TPSA) is 61.9 Å². The standard InChI is InChI=1S/C14H16FN3O3/c15-10-1-3-11(4-2-10)18-9-12(16-14(18)20)13(19)17-5-7-21-8-6-17/h1-4,12H,5-9H2,(H,16,20). The molecule has 1 atom stereocenters. The molecule has 0 aromatic heterocycles. The fraction of sp³-hybridized carbons (Fsp3) is 0.429. The molecule has 6 nitrogen and oxygen atoms in total. The van der Waals surface area contributed by atoms with Crippen LogP contribution in [0.15, 0.2) is 24.3 Å². The highest BCUT2D eigenvalue weighted by Gasteiger charge is 2.36. The van der Waals surface area contributed by atoms with Crippen molar-refractivity contribution in [2.24, 2.45) is 0 Å². The van der Waals surface area contributed by atoms with Crippen molar-refractivity contribution in [2.45, 2.75) is 6.04 Å². The molecule has 1 N–H and O–H groups in total. The lowest BCUT2D eigenvalue weighted by molar-refractivity contribution is -0.136. The molecule has 2 aliphatic rings. The summed E-state index contributed by atoms with van der Waals surface area (Å²) in [5, 5.41) is 2.68. The van der Waals surface area contributed by atoms with Crippen molar-refractivity contribution in [2.75, 3.05) is 37.7 Å². The van der Waals surface area contributed by atoms with E-state index in [-0.39, 0.29) is 24.3 Å². The van der Waals surface area contributed by atoms with E-state index < -0.39 is 6.04 Å². The number of morpholine rings is 1. The first-order valence-electron chi connectivity index (χ1n) is 6.85. The minimum absolute atomic E-state index is 0.101. The molecule has 1 aromatic rings. The molecule has 0 radical (unpaired) electrons. The van der Waals surface area contributed by atoms with Gasteiger partial charge in [0.1, 0.15) is 11.9 Å². The summed E-state index contributed by atoms with van der Waals surface area (Å²) in [6, 6.07) is 4.72. The highest BCUT2D eigenvalue weighted by molar-refractivity contribution is 6.00. The maximum Gasteiger partial charge on any atom is 0.322 e. The number of ether oxygens (including phenoxy) is 1.